The third-order valence-corrected chi connectivity index (χ3v) is 3.96. The first-order chi connectivity index (χ1) is 7.66. The minimum atomic E-state index is -0.00778. The molecule has 88 valence electrons. The van der Waals surface area contributed by atoms with Gasteiger partial charge in [-0.3, -0.25) is 4.79 Å². The van der Waals surface area contributed by atoms with E-state index in [2.05, 4.69) is 21.8 Å². The monoisotopic (exact) mass is 239 g/mol. The Labute approximate surface area is 99.6 Å². The molecule has 16 heavy (non-hydrogen) atoms. The van der Waals surface area contributed by atoms with Crippen molar-refractivity contribution in [3.05, 3.63) is 10.6 Å². The molecule has 1 heterocycles. The second kappa shape index (κ2) is 4.91. The Kier molecular flexibility index (Phi) is 3.53. The zero-order valence-corrected chi connectivity index (χ0v) is 10.5. The summed E-state index contributed by atoms with van der Waals surface area (Å²) in [6, 6.07) is 0.331. The number of nitrogens with zero attached hydrogens (tertiary/aromatic N) is 2. The molecule has 4 nitrogen and oxygen atoms in total. The summed E-state index contributed by atoms with van der Waals surface area (Å²) >= 11 is 1.17. The van der Waals surface area contributed by atoms with Crippen molar-refractivity contribution in [3.8, 4) is 0 Å². The van der Waals surface area contributed by atoms with Gasteiger partial charge in [0.15, 0.2) is 0 Å². The molecule has 5 heteroatoms. The molecular formula is C11H17N3OS. The number of hydrogen-bond acceptors (Lipinski definition) is 4. The Morgan fingerprint density at radius 2 is 2.31 bits per heavy atom. The lowest BCUT2D eigenvalue weighted by atomic mass is 9.87. The highest BCUT2D eigenvalue weighted by atomic mass is 32.1. The maximum absolute atomic E-state index is 11.9. The van der Waals surface area contributed by atoms with Crippen LogP contribution >= 0.6 is 11.5 Å². The summed E-state index contributed by atoms with van der Waals surface area (Å²) in [7, 11) is 0. The highest BCUT2D eigenvalue weighted by Crippen LogP contribution is 2.24. The quantitative estimate of drug-likeness (QED) is 0.860. The van der Waals surface area contributed by atoms with Crippen molar-refractivity contribution in [1.82, 2.24) is 14.9 Å². The number of carbonyl (C=O) groups is 1. The molecule has 1 N–H and O–H groups in total. The van der Waals surface area contributed by atoms with E-state index in [-0.39, 0.29) is 5.91 Å². The minimum absolute atomic E-state index is 0.00778. The van der Waals surface area contributed by atoms with Crippen LogP contribution < -0.4 is 5.32 Å². The Morgan fingerprint density at radius 3 is 2.94 bits per heavy atom. The topological polar surface area (TPSA) is 54.9 Å². The fourth-order valence-electron chi connectivity index (χ4n) is 2.26. The Hall–Kier alpha value is -0.970. The van der Waals surface area contributed by atoms with Crippen molar-refractivity contribution in [2.24, 2.45) is 5.92 Å². The zero-order chi connectivity index (χ0) is 11.5. The number of carbonyl (C=O) groups excluding carboxylic acids is 1. The van der Waals surface area contributed by atoms with Crippen molar-refractivity contribution >= 4 is 17.4 Å². The smallest absolute Gasteiger partial charge is 0.265 e. The molecule has 0 aliphatic heterocycles. The van der Waals surface area contributed by atoms with Gasteiger partial charge in [0.25, 0.3) is 5.91 Å². The lowest BCUT2D eigenvalue weighted by molar-refractivity contribution is 0.0924. The van der Waals surface area contributed by atoms with E-state index in [1.807, 2.05) is 6.92 Å². The molecule has 1 aromatic heterocycles. The van der Waals surface area contributed by atoms with Crippen LogP contribution in [-0.4, -0.2) is 21.5 Å². The van der Waals surface area contributed by atoms with Gasteiger partial charge in [-0.15, -0.1) is 5.10 Å². The van der Waals surface area contributed by atoms with Gasteiger partial charge in [-0.2, -0.15) is 0 Å². The standard InChI is InChI=1S/C11H17N3OS/c1-7-4-3-5-9(6-7)12-11(15)10-8(2)13-14-16-10/h7,9H,3-6H2,1-2H3,(H,12,15). The normalized spacial score (nSPS) is 25.4. The van der Waals surface area contributed by atoms with Crippen LogP contribution in [0.3, 0.4) is 0 Å². The van der Waals surface area contributed by atoms with Crippen LogP contribution in [0.25, 0.3) is 0 Å². The average Bonchev–Trinajstić information content (AvgIpc) is 2.64. The summed E-state index contributed by atoms with van der Waals surface area (Å²) in [6.07, 6.45) is 4.69. The maximum Gasteiger partial charge on any atom is 0.265 e. The van der Waals surface area contributed by atoms with Gasteiger partial charge >= 0.3 is 0 Å². The number of aryl methyl sites for hydroxylation is 1. The summed E-state index contributed by atoms with van der Waals surface area (Å²) in [4.78, 5) is 12.6. The molecule has 1 aromatic rings. The maximum atomic E-state index is 11.9. The second-order valence-corrected chi connectivity index (χ2v) is 5.38. The largest absolute Gasteiger partial charge is 0.348 e. The molecule has 0 spiro atoms. The van der Waals surface area contributed by atoms with E-state index in [0.717, 1.165) is 24.5 Å². The molecule has 0 saturated heterocycles. The van der Waals surface area contributed by atoms with Gasteiger partial charge in [0.05, 0.1) is 5.69 Å². The first kappa shape index (κ1) is 11.5. The highest BCUT2D eigenvalue weighted by molar-refractivity contribution is 7.07. The van der Waals surface area contributed by atoms with Gasteiger partial charge in [-0.05, 0) is 37.2 Å². The van der Waals surface area contributed by atoms with Gasteiger partial charge in [0, 0.05) is 6.04 Å². The van der Waals surface area contributed by atoms with Crippen LogP contribution in [0.5, 0.6) is 0 Å². The van der Waals surface area contributed by atoms with E-state index in [4.69, 9.17) is 0 Å². The van der Waals surface area contributed by atoms with Gasteiger partial charge in [0.1, 0.15) is 4.88 Å². The fraction of sp³-hybridized carbons (Fsp3) is 0.727. The van der Waals surface area contributed by atoms with Crippen molar-refractivity contribution in [1.29, 1.82) is 0 Å². The molecule has 2 rings (SSSR count). The van der Waals surface area contributed by atoms with E-state index >= 15 is 0 Å². The van der Waals surface area contributed by atoms with Crippen LogP contribution in [0.1, 0.15) is 48.0 Å². The summed E-state index contributed by atoms with van der Waals surface area (Å²) in [5.74, 6) is 0.714. The van der Waals surface area contributed by atoms with Gasteiger partial charge in [-0.25, -0.2) is 0 Å². The van der Waals surface area contributed by atoms with E-state index < -0.39 is 0 Å². The Bertz CT molecular complexity index is 377. The first-order valence-corrected chi connectivity index (χ1v) is 6.54. The molecule has 0 aromatic carbocycles. The molecule has 1 aliphatic rings. The van der Waals surface area contributed by atoms with Crippen LogP contribution in [0, 0.1) is 12.8 Å². The molecule has 2 atom stereocenters. The number of nitrogens with one attached hydrogen (secondary N) is 1. The Morgan fingerprint density at radius 1 is 1.50 bits per heavy atom. The number of aromatic nitrogens is 2. The summed E-state index contributed by atoms with van der Waals surface area (Å²) < 4.78 is 3.78. The van der Waals surface area contributed by atoms with Crippen LogP contribution in [0.4, 0.5) is 0 Å². The van der Waals surface area contributed by atoms with Gasteiger partial charge < -0.3 is 5.32 Å². The number of amides is 1. The van der Waals surface area contributed by atoms with Crippen LogP contribution in [0.15, 0.2) is 0 Å². The predicted molar refractivity (Wildman–Crippen MR) is 63.5 cm³/mol. The summed E-state index contributed by atoms with van der Waals surface area (Å²) in [5.41, 5.74) is 0.728. The third kappa shape index (κ3) is 2.58. The van der Waals surface area contributed by atoms with Crippen molar-refractivity contribution in [2.45, 2.75) is 45.6 Å². The van der Waals surface area contributed by atoms with Crippen molar-refractivity contribution in [2.75, 3.05) is 0 Å². The predicted octanol–water partition coefficient (Wildman–Crippen LogP) is 2.16. The Balaban J connectivity index is 1.95. The SMILES string of the molecule is Cc1nnsc1C(=O)NC1CCCC(C)C1. The van der Waals surface area contributed by atoms with E-state index in [9.17, 15) is 4.79 Å². The summed E-state index contributed by atoms with van der Waals surface area (Å²) in [5, 5.41) is 6.94. The molecular weight excluding hydrogens is 222 g/mol. The lowest BCUT2D eigenvalue weighted by Crippen LogP contribution is -2.37. The highest BCUT2D eigenvalue weighted by Gasteiger charge is 2.22. The zero-order valence-electron chi connectivity index (χ0n) is 9.69. The fourth-order valence-corrected chi connectivity index (χ4v) is 2.82. The lowest BCUT2D eigenvalue weighted by Gasteiger charge is -2.27. The van der Waals surface area contributed by atoms with Crippen molar-refractivity contribution < 1.29 is 4.79 Å². The molecule has 0 bridgehead atoms. The van der Waals surface area contributed by atoms with Crippen LogP contribution in [0.2, 0.25) is 0 Å². The molecule has 1 amide bonds. The first-order valence-electron chi connectivity index (χ1n) is 5.76. The van der Waals surface area contributed by atoms with E-state index in [1.165, 1.54) is 24.4 Å². The van der Waals surface area contributed by atoms with E-state index in [1.54, 1.807) is 0 Å². The van der Waals surface area contributed by atoms with Crippen LogP contribution in [-0.2, 0) is 0 Å². The molecule has 0 radical (unpaired) electrons. The average molecular weight is 239 g/mol. The third-order valence-electron chi connectivity index (χ3n) is 3.13. The van der Waals surface area contributed by atoms with E-state index in [0.29, 0.717) is 10.9 Å². The molecule has 1 aliphatic carbocycles. The number of rotatable bonds is 2. The molecule has 2 unspecified atom stereocenters. The molecule has 1 fully saturated rings. The van der Waals surface area contributed by atoms with Gasteiger partial charge in [-0.1, -0.05) is 24.3 Å². The van der Waals surface area contributed by atoms with Crippen molar-refractivity contribution in [3.63, 3.8) is 0 Å². The second-order valence-electron chi connectivity index (χ2n) is 4.63. The molecule has 1 saturated carbocycles. The van der Waals surface area contributed by atoms with Gasteiger partial charge in [0.2, 0.25) is 0 Å². The summed E-state index contributed by atoms with van der Waals surface area (Å²) in [6.45, 7) is 4.07. The number of hydrogen-bond donors (Lipinski definition) is 1. The minimum Gasteiger partial charge on any atom is -0.348 e.